The van der Waals surface area contributed by atoms with E-state index in [4.69, 9.17) is 5.73 Å². The average molecular weight is 226 g/mol. The van der Waals surface area contributed by atoms with Crippen molar-refractivity contribution in [2.45, 2.75) is 27.2 Å². The van der Waals surface area contributed by atoms with Gasteiger partial charge in [0, 0.05) is 24.0 Å². The molecule has 0 saturated carbocycles. The summed E-state index contributed by atoms with van der Waals surface area (Å²) in [6, 6.07) is 8.16. The van der Waals surface area contributed by atoms with Crippen LogP contribution in [0.15, 0.2) is 30.5 Å². The zero-order chi connectivity index (χ0) is 12.4. The predicted octanol–water partition coefficient (Wildman–Crippen LogP) is 3.18. The van der Waals surface area contributed by atoms with E-state index in [1.807, 2.05) is 18.3 Å². The van der Waals surface area contributed by atoms with Gasteiger partial charge in [0.25, 0.3) is 0 Å². The summed E-state index contributed by atoms with van der Waals surface area (Å²) < 4.78 is 0. The van der Waals surface area contributed by atoms with Gasteiger partial charge < -0.3 is 5.73 Å². The number of pyridine rings is 1. The first-order chi connectivity index (χ1) is 8.09. The molecule has 2 nitrogen and oxygen atoms in total. The van der Waals surface area contributed by atoms with Gasteiger partial charge in [-0.15, -0.1) is 0 Å². The van der Waals surface area contributed by atoms with E-state index in [1.165, 1.54) is 16.7 Å². The zero-order valence-electron chi connectivity index (χ0n) is 10.6. The Bertz CT molecular complexity index is 530. The van der Waals surface area contributed by atoms with Crippen LogP contribution < -0.4 is 5.73 Å². The van der Waals surface area contributed by atoms with Crippen molar-refractivity contribution >= 4 is 5.69 Å². The minimum absolute atomic E-state index is 0.850. The minimum atomic E-state index is 0.850. The highest BCUT2D eigenvalue weighted by atomic mass is 14.7. The van der Waals surface area contributed by atoms with Crippen LogP contribution in [0, 0.1) is 20.8 Å². The quantitative estimate of drug-likeness (QED) is 0.799. The van der Waals surface area contributed by atoms with Crippen molar-refractivity contribution in [3.63, 3.8) is 0 Å². The monoisotopic (exact) mass is 226 g/mol. The highest BCUT2D eigenvalue weighted by Crippen LogP contribution is 2.25. The molecule has 0 amide bonds. The first-order valence-corrected chi connectivity index (χ1v) is 5.84. The maximum absolute atomic E-state index is 6.08. The molecule has 1 heterocycles. The Morgan fingerprint density at radius 1 is 1.12 bits per heavy atom. The standard InChI is InChI=1S/C15H18N2/c1-10-8-11(2)15(16)12(3)14(10)9-13-6-4-5-7-17-13/h4-8H,9,16H2,1-3H3. The van der Waals surface area contributed by atoms with Gasteiger partial charge in [0.2, 0.25) is 0 Å². The number of nitrogens with two attached hydrogens (primary N) is 1. The van der Waals surface area contributed by atoms with Gasteiger partial charge in [-0.3, -0.25) is 4.98 Å². The summed E-state index contributed by atoms with van der Waals surface area (Å²) in [7, 11) is 0. The van der Waals surface area contributed by atoms with Gasteiger partial charge in [0.15, 0.2) is 0 Å². The lowest BCUT2D eigenvalue weighted by molar-refractivity contribution is 1.04. The van der Waals surface area contributed by atoms with Crippen molar-refractivity contribution in [1.82, 2.24) is 4.98 Å². The zero-order valence-corrected chi connectivity index (χ0v) is 10.6. The van der Waals surface area contributed by atoms with Crippen LogP contribution in [0.1, 0.15) is 27.9 Å². The molecule has 2 N–H and O–H groups in total. The molecule has 0 aliphatic heterocycles. The Labute approximate surface area is 103 Å². The van der Waals surface area contributed by atoms with Crippen molar-refractivity contribution in [3.05, 3.63) is 58.4 Å². The largest absolute Gasteiger partial charge is 0.398 e. The van der Waals surface area contributed by atoms with E-state index in [9.17, 15) is 0 Å². The third-order valence-corrected chi connectivity index (χ3v) is 3.27. The molecule has 2 rings (SSSR count). The Morgan fingerprint density at radius 2 is 1.88 bits per heavy atom. The molecule has 88 valence electrons. The minimum Gasteiger partial charge on any atom is -0.398 e. The number of aryl methyl sites for hydroxylation is 2. The predicted molar refractivity (Wildman–Crippen MR) is 72.1 cm³/mol. The van der Waals surface area contributed by atoms with Gasteiger partial charge in [-0.1, -0.05) is 12.1 Å². The Kier molecular flexibility index (Phi) is 3.14. The third-order valence-electron chi connectivity index (χ3n) is 3.27. The summed E-state index contributed by atoms with van der Waals surface area (Å²) in [6.45, 7) is 6.28. The van der Waals surface area contributed by atoms with Crippen LogP contribution >= 0.6 is 0 Å². The maximum Gasteiger partial charge on any atom is 0.0447 e. The fraction of sp³-hybridized carbons (Fsp3) is 0.267. The number of anilines is 1. The number of aromatic nitrogens is 1. The molecule has 0 atom stereocenters. The van der Waals surface area contributed by atoms with Crippen LogP contribution in [0.3, 0.4) is 0 Å². The second-order valence-corrected chi connectivity index (χ2v) is 4.53. The van der Waals surface area contributed by atoms with Crippen LogP contribution in [-0.4, -0.2) is 4.98 Å². The molecule has 0 bridgehead atoms. The van der Waals surface area contributed by atoms with Crippen LogP contribution in [0.5, 0.6) is 0 Å². The first-order valence-electron chi connectivity index (χ1n) is 5.84. The van der Waals surface area contributed by atoms with Gasteiger partial charge in [0.1, 0.15) is 0 Å². The van der Waals surface area contributed by atoms with E-state index in [0.717, 1.165) is 23.4 Å². The fourth-order valence-corrected chi connectivity index (χ4v) is 2.20. The molecule has 1 aromatic heterocycles. The number of nitrogens with zero attached hydrogens (tertiary/aromatic N) is 1. The van der Waals surface area contributed by atoms with Crippen LogP contribution in [0.25, 0.3) is 0 Å². The molecular formula is C15H18N2. The summed E-state index contributed by atoms with van der Waals surface area (Å²) in [4.78, 5) is 4.37. The van der Waals surface area contributed by atoms with Crippen LogP contribution in [0.2, 0.25) is 0 Å². The summed E-state index contributed by atoms with van der Waals surface area (Å²) in [6.07, 6.45) is 2.68. The summed E-state index contributed by atoms with van der Waals surface area (Å²) in [5.41, 5.74) is 13.0. The van der Waals surface area contributed by atoms with E-state index in [1.54, 1.807) is 0 Å². The van der Waals surface area contributed by atoms with Gasteiger partial charge in [-0.2, -0.15) is 0 Å². The van der Waals surface area contributed by atoms with E-state index in [2.05, 4.69) is 37.9 Å². The van der Waals surface area contributed by atoms with Crippen molar-refractivity contribution < 1.29 is 0 Å². The topological polar surface area (TPSA) is 38.9 Å². The van der Waals surface area contributed by atoms with E-state index < -0.39 is 0 Å². The SMILES string of the molecule is Cc1cc(C)c(Cc2ccccn2)c(C)c1N. The van der Waals surface area contributed by atoms with Gasteiger partial charge in [-0.05, 0) is 55.2 Å². The molecule has 0 aliphatic carbocycles. The number of benzene rings is 1. The fourth-order valence-electron chi connectivity index (χ4n) is 2.20. The summed E-state index contributed by atoms with van der Waals surface area (Å²) in [5.74, 6) is 0. The first kappa shape index (κ1) is 11.6. The second-order valence-electron chi connectivity index (χ2n) is 4.53. The number of nitrogen functional groups attached to an aromatic ring is 1. The molecule has 0 fully saturated rings. The molecule has 0 unspecified atom stereocenters. The van der Waals surface area contributed by atoms with Crippen molar-refractivity contribution in [1.29, 1.82) is 0 Å². The molecule has 2 heteroatoms. The molecule has 0 radical (unpaired) electrons. The van der Waals surface area contributed by atoms with Crippen LogP contribution in [-0.2, 0) is 6.42 Å². The van der Waals surface area contributed by atoms with Gasteiger partial charge in [0.05, 0.1) is 0 Å². The highest BCUT2D eigenvalue weighted by Gasteiger charge is 2.09. The molecule has 0 saturated heterocycles. The highest BCUT2D eigenvalue weighted by molar-refractivity contribution is 5.59. The Morgan fingerprint density at radius 3 is 2.53 bits per heavy atom. The van der Waals surface area contributed by atoms with E-state index in [-0.39, 0.29) is 0 Å². The second kappa shape index (κ2) is 4.58. The summed E-state index contributed by atoms with van der Waals surface area (Å²) in [5, 5.41) is 0. The molecule has 0 spiro atoms. The lowest BCUT2D eigenvalue weighted by atomic mass is 9.94. The number of hydrogen-bond acceptors (Lipinski definition) is 2. The van der Waals surface area contributed by atoms with Gasteiger partial charge >= 0.3 is 0 Å². The number of hydrogen-bond donors (Lipinski definition) is 1. The lowest BCUT2D eigenvalue weighted by Gasteiger charge is -2.14. The Hall–Kier alpha value is -1.83. The van der Waals surface area contributed by atoms with E-state index in [0.29, 0.717) is 0 Å². The maximum atomic E-state index is 6.08. The molecule has 2 aromatic rings. The smallest absolute Gasteiger partial charge is 0.0447 e. The Balaban J connectivity index is 2.43. The van der Waals surface area contributed by atoms with Crippen LogP contribution in [0.4, 0.5) is 5.69 Å². The summed E-state index contributed by atoms with van der Waals surface area (Å²) >= 11 is 0. The normalized spacial score (nSPS) is 10.5. The van der Waals surface area contributed by atoms with Crippen molar-refractivity contribution in [2.24, 2.45) is 0 Å². The molecule has 1 aromatic carbocycles. The molecule has 0 aliphatic rings. The lowest BCUT2D eigenvalue weighted by Crippen LogP contribution is -2.03. The van der Waals surface area contributed by atoms with Crippen molar-refractivity contribution in [3.8, 4) is 0 Å². The molecule has 17 heavy (non-hydrogen) atoms. The van der Waals surface area contributed by atoms with Gasteiger partial charge in [-0.25, -0.2) is 0 Å². The van der Waals surface area contributed by atoms with Crippen molar-refractivity contribution in [2.75, 3.05) is 5.73 Å². The number of rotatable bonds is 2. The van der Waals surface area contributed by atoms with E-state index >= 15 is 0 Å². The third kappa shape index (κ3) is 2.31. The molecular weight excluding hydrogens is 208 g/mol. The average Bonchev–Trinajstić information content (AvgIpc) is 2.33.